The first kappa shape index (κ1) is 11.4. The van der Waals surface area contributed by atoms with Gasteiger partial charge in [0.25, 0.3) is 0 Å². The molecular formula is C13H25NO. The van der Waals surface area contributed by atoms with Gasteiger partial charge in [-0.05, 0) is 50.0 Å². The molecule has 2 aliphatic rings. The molecule has 15 heavy (non-hydrogen) atoms. The third-order valence-corrected chi connectivity index (χ3v) is 4.66. The summed E-state index contributed by atoms with van der Waals surface area (Å²) in [5.74, 6) is 2.36. The molecule has 88 valence electrons. The first-order valence-corrected chi connectivity index (χ1v) is 6.55. The highest BCUT2D eigenvalue weighted by Gasteiger charge is 2.32. The quantitative estimate of drug-likeness (QED) is 0.756. The van der Waals surface area contributed by atoms with E-state index in [1.54, 1.807) is 0 Å². The van der Waals surface area contributed by atoms with Gasteiger partial charge >= 0.3 is 0 Å². The second-order valence-corrected chi connectivity index (χ2v) is 5.75. The molecule has 1 saturated carbocycles. The molecule has 0 spiro atoms. The van der Waals surface area contributed by atoms with Crippen LogP contribution in [0.5, 0.6) is 0 Å². The van der Waals surface area contributed by atoms with Crippen LogP contribution in [0.2, 0.25) is 0 Å². The van der Waals surface area contributed by atoms with Crippen LogP contribution < -0.4 is 0 Å². The van der Waals surface area contributed by atoms with Crippen molar-refractivity contribution in [2.24, 2.45) is 17.8 Å². The lowest BCUT2D eigenvalue weighted by atomic mass is 9.78. The van der Waals surface area contributed by atoms with Crippen molar-refractivity contribution in [1.82, 2.24) is 4.90 Å². The second-order valence-electron chi connectivity index (χ2n) is 5.75. The van der Waals surface area contributed by atoms with Crippen LogP contribution in [-0.4, -0.2) is 35.7 Å². The van der Waals surface area contributed by atoms with Crippen molar-refractivity contribution in [2.45, 2.75) is 45.6 Å². The third kappa shape index (κ3) is 2.54. The van der Waals surface area contributed by atoms with Gasteiger partial charge in [-0.3, -0.25) is 0 Å². The molecular weight excluding hydrogens is 186 g/mol. The lowest BCUT2D eigenvalue weighted by molar-refractivity contribution is 0.122. The molecule has 1 saturated heterocycles. The smallest absolute Gasteiger partial charge is 0.0471 e. The van der Waals surface area contributed by atoms with E-state index in [0.717, 1.165) is 24.4 Å². The predicted molar refractivity (Wildman–Crippen MR) is 62.7 cm³/mol. The Morgan fingerprint density at radius 1 is 1.13 bits per heavy atom. The highest BCUT2D eigenvalue weighted by Crippen LogP contribution is 2.34. The fourth-order valence-electron chi connectivity index (χ4n) is 3.19. The lowest BCUT2D eigenvalue weighted by Gasteiger charge is -2.37. The van der Waals surface area contributed by atoms with E-state index in [-0.39, 0.29) is 0 Å². The summed E-state index contributed by atoms with van der Waals surface area (Å²) >= 11 is 0. The van der Waals surface area contributed by atoms with Gasteiger partial charge in [0.2, 0.25) is 0 Å². The van der Waals surface area contributed by atoms with E-state index < -0.39 is 0 Å². The largest absolute Gasteiger partial charge is 0.396 e. The molecule has 2 fully saturated rings. The van der Waals surface area contributed by atoms with Gasteiger partial charge < -0.3 is 10.0 Å². The van der Waals surface area contributed by atoms with Crippen LogP contribution in [0.1, 0.15) is 39.5 Å². The fraction of sp³-hybridized carbons (Fsp3) is 1.00. The van der Waals surface area contributed by atoms with Crippen molar-refractivity contribution in [2.75, 3.05) is 19.7 Å². The zero-order valence-corrected chi connectivity index (χ0v) is 10.2. The topological polar surface area (TPSA) is 23.5 Å². The molecule has 0 amide bonds. The molecule has 0 aromatic rings. The second kappa shape index (κ2) is 4.84. The highest BCUT2D eigenvalue weighted by molar-refractivity contribution is 4.86. The monoisotopic (exact) mass is 211 g/mol. The Balaban J connectivity index is 1.84. The third-order valence-electron chi connectivity index (χ3n) is 4.66. The number of likely N-dealkylation sites (tertiary alicyclic amines) is 1. The summed E-state index contributed by atoms with van der Waals surface area (Å²) in [6.45, 7) is 7.53. The maximum Gasteiger partial charge on any atom is 0.0471 e. The molecule has 4 atom stereocenters. The molecule has 2 rings (SSSR count). The number of rotatable bonds is 2. The van der Waals surface area contributed by atoms with Gasteiger partial charge in [-0.25, -0.2) is 0 Å². The summed E-state index contributed by atoms with van der Waals surface area (Å²) in [6.07, 6.45) is 5.35. The molecule has 2 heteroatoms. The Hall–Kier alpha value is -0.0800. The van der Waals surface area contributed by atoms with E-state index in [1.807, 2.05) is 0 Å². The van der Waals surface area contributed by atoms with Gasteiger partial charge in [0.05, 0.1) is 0 Å². The van der Waals surface area contributed by atoms with Crippen LogP contribution in [-0.2, 0) is 0 Å². The highest BCUT2D eigenvalue weighted by atomic mass is 16.3. The Morgan fingerprint density at radius 2 is 1.93 bits per heavy atom. The van der Waals surface area contributed by atoms with Gasteiger partial charge in [0, 0.05) is 19.2 Å². The predicted octanol–water partition coefficient (Wildman–Crippen LogP) is 2.13. The Labute approximate surface area is 93.7 Å². The number of hydrogen-bond donors (Lipinski definition) is 1. The summed E-state index contributed by atoms with van der Waals surface area (Å²) in [4.78, 5) is 2.63. The normalized spacial score (nSPS) is 43.4. The van der Waals surface area contributed by atoms with Gasteiger partial charge in [0.15, 0.2) is 0 Å². The minimum Gasteiger partial charge on any atom is -0.396 e. The first-order chi connectivity index (χ1) is 7.20. The molecule has 1 aliphatic carbocycles. The number of hydrogen-bond acceptors (Lipinski definition) is 2. The number of aliphatic hydroxyl groups excluding tert-OH is 1. The van der Waals surface area contributed by atoms with Crippen LogP contribution in [0.3, 0.4) is 0 Å². The van der Waals surface area contributed by atoms with E-state index >= 15 is 0 Å². The molecule has 0 aromatic heterocycles. The van der Waals surface area contributed by atoms with E-state index in [9.17, 15) is 0 Å². The van der Waals surface area contributed by atoms with Gasteiger partial charge in [0.1, 0.15) is 0 Å². The minimum absolute atomic E-state index is 0.384. The summed E-state index contributed by atoms with van der Waals surface area (Å²) < 4.78 is 0. The average Bonchev–Trinajstić information content (AvgIpc) is 2.70. The summed E-state index contributed by atoms with van der Waals surface area (Å²) in [6, 6.07) is 0.813. The molecule has 0 radical (unpaired) electrons. The van der Waals surface area contributed by atoms with Crippen molar-refractivity contribution < 1.29 is 5.11 Å². The van der Waals surface area contributed by atoms with Gasteiger partial charge in [-0.1, -0.05) is 13.8 Å². The fourth-order valence-corrected chi connectivity index (χ4v) is 3.19. The average molecular weight is 211 g/mol. The van der Waals surface area contributed by atoms with Crippen molar-refractivity contribution >= 4 is 0 Å². The maximum atomic E-state index is 9.15. The van der Waals surface area contributed by atoms with Crippen LogP contribution in [0.25, 0.3) is 0 Å². The van der Waals surface area contributed by atoms with Crippen molar-refractivity contribution in [3.8, 4) is 0 Å². The summed E-state index contributed by atoms with van der Waals surface area (Å²) in [7, 11) is 0. The molecule has 1 N–H and O–H groups in total. The van der Waals surface area contributed by atoms with Crippen LogP contribution >= 0.6 is 0 Å². The van der Waals surface area contributed by atoms with E-state index in [2.05, 4.69) is 18.7 Å². The van der Waals surface area contributed by atoms with Gasteiger partial charge in [-0.2, -0.15) is 0 Å². The molecule has 0 bridgehead atoms. The Bertz CT molecular complexity index is 207. The minimum atomic E-state index is 0.384. The van der Waals surface area contributed by atoms with Crippen molar-refractivity contribution in [3.05, 3.63) is 0 Å². The van der Waals surface area contributed by atoms with E-state index in [1.165, 1.54) is 32.2 Å². The Kier molecular flexibility index (Phi) is 3.68. The number of nitrogens with zero attached hydrogens (tertiary/aromatic N) is 1. The molecule has 1 aliphatic heterocycles. The van der Waals surface area contributed by atoms with Crippen molar-refractivity contribution in [1.29, 1.82) is 0 Å². The molecule has 4 unspecified atom stereocenters. The molecule has 1 heterocycles. The first-order valence-electron chi connectivity index (χ1n) is 6.55. The molecule has 0 aromatic carbocycles. The standard InChI is InChI=1S/C13H25NO/c1-10-3-4-13(7-11(10)2)14-6-5-12(8-14)9-15/h10-13,15H,3-9H2,1-2H3. The van der Waals surface area contributed by atoms with Crippen LogP contribution in [0.15, 0.2) is 0 Å². The van der Waals surface area contributed by atoms with Crippen molar-refractivity contribution in [3.63, 3.8) is 0 Å². The maximum absolute atomic E-state index is 9.15. The summed E-state index contributed by atoms with van der Waals surface area (Å²) in [5, 5.41) is 9.15. The van der Waals surface area contributed by atoms with E-state index in [0.29, 0.717) is 12.5 Å². The van der Waals surface area contributed by atoms with E-state index in [4.69, 9.17) is 5.11 Å². The van der Waals surface area contributed by atoms with Gasteiger partial charge in [-0.15, -0.1) is 0 Å². The zero-order chi connectivity index (χ0) is 10.8. The number of aliphatic hydroxyl groups is 1. The van der Waals surface area contributed by atoms with Crippen LogP contribution in [0.4, 0.5) is 0 Å². The molecule has 2 nitrogen and oxygen atoms in total. The lowest BCUT2D eigenvalue weighted by Crippen LogP contribution is -2.39. The Morgan fingerprint density at radius 3 is 2.53 bits per heavy atom. The summed E-state index contributed by atoms with van der Waals surface area (Å²) in [5.41, 5.74) is 0. The van der Waals surface area contributed by atoms with Crippen LogP contribution in [0, 0.1) is 17.8 Å². The zero-order valence-electron chi connectivity index (χ0n) is 10.2. The SMILES string of the molecule is CC1CCC(N2CCC(CO)C2)CC1C.